The molecule has 0 amide bonds. The Hall–Kier alpha value is -3.61. The van der Waals surface area contributed by atoms with Crippen LogP contribution in [0.1, 0.15) is 51.4 Å². The molecule has 4 aromatic rings. The lowest BCUT2D eigenvalue weighted by molar-refractivity contribution is 0.415. The second-order valence-corrected chi connectivity index (χ2v) is 9.70. The first-order chi connectivity index (χ1) is 17.3. The number of hydrogen-bond donors (Lipinski definition) is 2. The number of pyridine rings is 1. The summed E-state index contributed by atoms with van der Waals surface area (Å²) in [4.78, 5) is 9.42. The molecule has 7 heteroatoms. The molecule has 7 nitrogen and oxygen atoms in total. The van der Waals surface area contributed by atoms with E-state index >= 15 is 0 Å². The molecule has 180 valence electrons. The largest absolute Gasteiger partial charge is 0.497 e. The fourth-order valence-electron chi connectivity index (χ4n) is 5.50. The highest BCUT2D eigenvalue weighted by atomic mass is 16.5. The minimum Gasteiger partial charge on any atom is -0.497 e. The molecule has 6 rings (SSSR count). The van der Waals surface area contributed by atoms with Gasteiger partial charge in [-0.25, -0.2) is 9.97 Å². The predicted molar refractivity (Wildman–Crippen MR) is 140 cm³/mol. The van der Waals surface area contributed by atoms with Crippen LogP contribution in [-0.2, 0) is 0 Å². The third-order valence-electron chi connectivity index (χ3n) is 7.34. The Bertz CT molecular complexity index is 1300. The number of rotatable bonds is 7. The molecule has 3 heterocycles. The van der Waals surface area contributed by atoms with Crippen LogP contribution in [0.5, 0.6) is 5.75 Å². The maximum Gasteiger partial charge on any atom is 0.165 e. The van der Waals surface area contributed by atoms with E-state index in [1.807, 2.05) is 35.1 Å². The summed E-state index contributed by atoms with van der Waals surface area (Å²) in [6, 6.07) is 15.3. The van der Waals surface area contributed by atoms with Crippen molar-refractivity contribution < 1.29 is 4.74 Å². The van der Waals surface area contributed by atoms with E-state index in [1.165, 1.54) is 51.4 Å². The van der Waals surface area contributed by atoms with Crippen molar-refractivity contribution in [3.05, 3.63) is 54.9 Å². The van der Waals surface area contributed by atoms with Gasteiger partial charge in [-0.3, -0.25) is 0 Å². The third-order valence-corrected chi connectivity index (χ3v) is 7.34. The minimum atomic E-state index is 0.487. The SMILES string of the molecule is COc1ccc(-c2nn3c(NC4CCCC4)ccnc3c2-c2ccnc(NC3CCCC3)c2)cc1. The van der Waals surface area contributed by atoms with Crippen LogP contribution < -0.4 is 15.4 Å². The van der Waals surface area contributed by atoms with E-state index in [-0.39, 0.29) is 0 Å². The summed E-state index contributed by atoms with van der Waals surface area (Å²) in [5.41, 5.74) is 4.85. The number of fused-ring (bicyclic) bond motifs is 1. The lowest BCUT2D eigenvalue weighted by Gasteiger charge is -2.14. The Morgan fingerprint density at radius 3 is 2.20 bits per heavy atom. The lowest BCUT2D eigenvalue weighted by Crippen LogP contribution is -2.17. The molecule has 0 unspecified atom stereocenters. The number of nitrogens with zero attached hydrogens (tertiary/aromatic N) is 4. The standard InChI is InChI=1S/C28H32N6O/c1-35-23-12-10-19(11-13-23)27-26(20-14-16-29-24(18-20)31-21-6-2-3-7-21)28-30-17-15-25(34(28)33-27)32-22-8-4-5-9-22/h10-18,21-22,32H,2-9H2,1H3,(H,29,31). The van der Waals surface area contributed by atoms with Crippen LogP contribution in [-0.4, -0.2) is 38.8 Å². The van der Waals surface area contributed by atoms with E-state index in [1.54, 1.807) is 7.11 Å². The molecule has 2 N–H and O–H groups in total. The molecule has 2 aliphatic carbocycles. The first-order valence-corrected chi connectivity index (χ1v) is 12.8. The quantitative estimate of drug-likeness (QED) is 0.337. The van der Waals surface area contributed by atoms with Crippen LogP contribution in [0, 0.1) is 0 Å². The second kappa shape index (κ2) is 9.56. The zero-order valence-corrected chi connectivity index (χ0v) is 20.2. The summed E-state index contributed by atoms with van der Waals surface area (Å²) >= 11 is 0. The van der Waals surface area contributed by atoms with Crippen molar-refractivity contribution in [2.24, 2.45) is 0 Å². The van der Waals surface area contributed by atoms with Gasteiger partial charge in [0.25, 0.3) is 0 Å². The first kappa shape index (κ1) is 21.9. The molecule has 0 aliphatic heterocycles. The zero-order valence-electron chi connectivity index (χ0n) is 20.2. The molecule has 2 saturated carbocycles. The van der Waals surface area contributed by atoms with Gasteiger partial charge in [0.05, 0.1) is 12.7 Å². The molecular formula is C28H32N6O. The van der Waals surface area contributed by atoms with Gasteiger partial charge in [-0.1, -0.05) is 25.7 Å². The van der Waals surface area contributed by atoms with Crippen molar-refractivity contribution in [3.8, 4) is 28.1 Å². The summed E-state index contributed by atoms with van der Waals surface area (Å²) < 4.78 is 7.36. The van der Waals surface area contributed by atoms with Crippen molar-refractivity contribution in [2.45, 2.75) is 63.5 Å². The molecule has 3 aromatic heterocycles. The van der Waals surface area contributed by atoms with Crippen molar-refractivity contribution in [1.82, 2.24) is 19.6 Å². The highest BCUT2D eigenvalue weighted by Crippen LogP contribution is 2.37. The van der Waals surface area contributed by atoms with Crippen LogP contribution >= 0.6 is 0 Å². The van der Waals surface area contributed by atoms with Gasteiger partial charge in [0.2, 0.25) is 0 Å². The smallest absolute Gasteiger partial charge is 0.165 e. The Balaban J connectivity index is 1.47. The van der Waals surface area contributed by atoms with Gasteiger partial charge in [-0.15, -0.1) is 0 Å². The molecule has 0 radical (unpaired) electrons. The fraction of sp³-hybridized carbons (Fsp3) is 0.393. The Kier molecular flexibility index (Phi) is 5.98. The van der Waals surface area contributed by atoms with Crippen LogP contribution in [0.3, 0.4) is 0 Å². The van der Waals surface area contributed by atoms with Crippen molar-refractivity contribution in [2.75, 3.05) is 17.7 Å². The molecule has 0 spiro atoms. The monoisotopic (exact) mass is 468 g/mol. The first-order valence-electron chi connectivity index (χ1n) is 12.8. The number of ether oxygens (including phenoxy) is 1. The number of aromatic nitrogens is 4. The van der Waals surface area contributed by atoms with Gasteiger partial charge in [-0.05, 0) is 73.7 Å². The summed E-state index contributed by atoms with van der Waals surface area (Å²) in [6.45, 7) is 0. The van der Waals surface area contributed by atoms with E-state index in [0.717, 1.165) is 45.4 Å². The molecule has 2 aliphatic rings. The van der Waals surface area contributed by atoms with E-state index in [9.17, 15) is 0 Å². The average molecular weight is 469 g/mol. The second-order valence-electron chi connectivity index (χ2n) is 9.70. The molecule has 0 bridgehead atoms. The lowest BCUT2D eigenvalue weighted by atomic mass is 10.0. The van der Waals surface area contributed by atoms with Crippen molar-refractivity contribution in [3.63, 3.8) is 0 Å². The molecule has 35 heavy (non-hydrogen) atoms. The third kappa shape index (κ3) is 4.43. The molecular weight excluding hydrogens is 436 g/mol. The van der Waals surface area contributed by atoms with Crippen molar-refractivity contribution >= 4 is 17.3 Å². The zero-order chi connectivity index (χ0) is 23.6. The van der Waals surface area contributed by atoms with Crippen molar-refractivity contribution in [1.29, 1.82) is 0 Å². The average Bonchev–Trinajstić information content (AvgIpc) is 3.66. The summed E-state index contributed by atoms with van der Waals surface area (Å²) in [6.07, 6.45) is 13.7. The van der Waals surface area contributed by atoms with Crippen LogP contribution in [0.25, 0.3) is 28.0 Å². The maximum atomic E-state index is 5.39. The maximum absolute atomic E-state index is 5.39. The Labute approximate surface area is 206 Å². The van der Waals surface area contributed by atoms with Gasteiger partial charge in [0.15, 0.2) is 5.65 Å². The molecule has 2 fully saturated rings. The van der Waals surface area contributed by atoms with Gasteiger partial charge in [-0.2, -0.15) is 9.61 Å². The number of benzene rings is 1. The van der Waals surface area contributed by atoms with E-state index in [4.69, 9.17) is 14.8 Å². The predicted octanol–water partition coefficient (Wildman–Crippen LogP) is 6.18. The summed E-state index contributed by atoms with van der Waals surface area (Å²) in [7, 11) is 1.69. The Morgan fingerprint density at radius 2 is 1.49 bits per heavy atom. The highest BCUT2D eigenvalue weighted by Gasteiger charge is 2.22. The van der Waals surface area contributed by atoms with Crippen LogP contribution in [0.4, 0.5) is 11.6 Å². The van der Waals surface area contributed by atoms with Gasteiger partial charge in [0, 0.05) is 30.0 Å². The van der Waals surface area contributed by atoms with Crippen LogP contribution in [0.15, 0.2) is 54.9 Å². The number of hydrogen-bond acceptors (Lipinski definition) is 6. The minimum absolute atomic E-state index is 0.487. The van der Waals surface area contributed by atoms with E-state index in [0.29, 0.717) is 12.1 Å². The number of anilines is 2. The Morgan fingerprint density at radius 1 is 0.800 bits per heavy atom. The van der Waals surface area contributed by atoms with Gasteiger partial charge in [0.1, 0.15) is 23.1 Å². The molecule has 1 aromatic carbocycles. The topological polar surface area (TPSA) is 76.4 Å². The summed E-state index contributed by atoms with van der Waals surface area (Å²) in [5.74, 6) is 2.73. The molecule has 0 atom stereocenters. The number of methoxy groups -OCH3 is 1. The van der Waals surface area contributed by atoms with Gasteiger partial charge < -0.3 is 15.4 Å². The highest BCUT2D eigenvalue weighted by molar-refractivity contribution is 5.91. The summed E-state index contributed by atoms with van der Waals surface area (Å²) in [5, 5.41) is 12.5. The normalized spacial score (nSPS) is 16.7. The van der Waals surface area contributed by atoms with Gasteiger partial charge >= 0.3 is 0 Å². The molecule has 0 saturated heterocycles. The number of nitrogens with one attached hydrogen (secondary N) is 2. The fourth-order valence-corrected chi connectivity index (χ4v) is 5.50. The van der Waals surface area contributed by atoms with Crippen LogP contribution in [0.2, 0.25) is 0 Å². The van der Waals surface area contributed by atoms with E-state index < -0.39 is 0 Å². The van der Waals surface area contributed by atoms with E-state index in [2.05, 4.69) is 39.9 Å².